The van der Waals surface area contributed by atoms with Crippen LogP contribution in [0, 0.1) is 0 Å². The average molecular weight is 256 g/mol. The number of ether oxygens (including phenoxy) is 1. The molecule has 0 atom stereocenters. The van der Waals surface area contributed by atoms with Crippen LogP contribution in [0.5, 0.6) is 0 Å². The van der Waals surface area contributed by atoms with Crippen LogP contribution in [0.1, 0.15) is 24.2 Å². The monoisotopic (exact) mass is 256 g/mol. The van der Waals surface area contributed by atoms with Crippen molar-refractivity contribution in [2.24, 2.45) is 0 Å². The zero-order valence-corrected chi connectivity index (χ0v) is 11.0. The van der Waals surface area contributed by atoms with Crippen molar-refractivity contribution in [3.05, 3.63) is 48.3 Å². The van der Waals surface area contributed by atoms with E-state index in [1.807, 2.05) is 18.2 Å². The number of hydrogen-bond donors (Lipinski definition) is 1. The van der Waals surface area contributed by atoms with E-state index in [4.69, 9.17) is 10.5 Å². The molecule has 0 unspecified atom stereocenters. The summed E-state index contributed by atoms with van der Waals surface area (Å²) in [6.07, 6.45) is 3.21. The van der Waals surface area contributed by atoms with Crippen LogP contribution in [0.3, 0.4) is 0 Å². The number of anilines is 1. The Bertz CT molecular complexity index is 580. The van der Waals surface area contributed by atoms with Gasteiger partial charge in [-0.3, -0.25) is 4.98 Å². The predicted octanol–water partition coefficient (Wildman–Crippen LogP) is 2.90. The quantitative estimate of drug-likeness (QED) is 0.677. The van der Waals surface area contributed by atoms with Crippen LogP contribution in [0.15, 0.2) is 42.7 Å². The van der Waals surface area contributed by atoms with E-state index >= 15 is 0 Å². The minimum Gasteiger partial charge on any atom is -0.459 e. The van der Waals surface area contributed by atoms with Crippen molar-refractivity contribution in [1.82, 2.24) is 4.98 Å². The molecule has 2 aromatic rings. The van der Waals surface area contributed by atoms with Crippen molar-refractivity contribution >= 4 is 11.7 Å². The van der Waals surface area contributed by atoms with Gasteiger partial charge < -0.3 is 10.5 Å². The van der Waals surface area contributed by atoms with Gasteiger partial charge in [-0.25, -0.2) is 4.79 Å². The first kappa shape index (κ1) is 13.1. The van der Waals surface area contributed by atoms with E-state index in [1.54, 1.807) is 38.4 Å². The first-order chi connectivity index (χ1) is 9.09. The van der Waals surface area contributed by atoms with Crippen molar-refractivity contribution in [1.29, 1.82) is 0 Å². The van der Waals surface area contributed by atoms with Gasteiger partial charge in [0.2, 0.25) is 0 Å². The van der Waals surface area contributed by atoms with Crippen molar-refractivity contribution in [2.75, 3.05) is 5.73 Å². The maximum atomic E-state index is 11.9. The number of rotatable bonds is 3. The summed E-state index contributed by atoms with van der Waals surface area (Å²) in [4.78, 5) is 15.9. The molecule has 4 heteroatoms. The van der Waals surface area contributed by atoms with E-state index in [9.17, 15) is 4.79 Å². The minimum absolute atomic E-state index is 0.170. The lowest BCUT2D eigenvalue weighted by Crippen LogP contribution is -2.13. The van der Waals surface area contributed by atoms with Crippen molar-refractivity contribution in [2.45, 2.75) is 20.0 Å². The minimum atomic E-state index is -0.400. The molecule has 0 bridgehead atoms. The zero-order chi connectivity index (χ0) is 13.8. The molecule has 2 rings (SSSR count). The predicted molar refractivity (Wildman–Crippen MR) is 74.6 cm³/mol. The largest absolute Gasteiger partial charge is 0.459 e. The maximum absolute atomic E-state index is 11.9. The Morgan fingerprint density at radius 3 is 2.53 bits per heavy atom. The fraction of sp³-hybridized carbons (Fsp3) is 0.200. The summed E-state index contributed by atoms with van der Waals surface area (Å²) in [6, 6.07) is 9.04. The molecule has 2 N–H and O–H groups in total. The summed E-state index contributed by atoms with van der Waals surface area (Å²) in [7, 11) is 0. The zero-order valence-electron chi connectivity index (χ0n) is 11.0. The third kappa shape index (κ3) is 2.91. The highest BCUT2D eigenvalue weighted by atomic mass is 16.5. The van der Waals surface area contributed by atoms with Gasteiger partial charge in [-0.1, -0.05) is 12.1 Å². The van der Waals surface area contributed by atoms with Gasteiger partial charge in [-0.15, -0.1) is 0 Å². The Labute approximate surface area is 112 Å². The molecule has 4 nitrogen and oxygen atoms in total. The highest BCUT2D eigenvalue weighted by Crippen LogP contribution is 2.28. The van der Waals surface area contributed by atoms with Gasteiger partial charge in [-0.05, 0) is 37.6 Å². The van der Waals surface area contributed by atoms with Gasteiger partial charge in [-0.2, -0.15) is 0 Å². The molecule has 0 spiro atoms. The van der Waals surface area contributed by atoms with Crippen LogP contribution >= 0.6 is 0 Å². The number of aromatic nitrogens is 1. The number of hydrogen-bond acceptors (Lipinski definition) is 4. The smallest absolute Gasteiger partial charge is 0.340 e. The fourth-order valence-corrected chi connectivity index (χ4v) is 1.80. The highest BCUT2D eigenvalue weighted by Gasteiger charge is 2.15. The summed E-state index contributed by atoms with van der Waals surface area (Å²) in [5.74, 6) is -0.400. The lowest BCUT2D eigenvalue weighted by Gasteiger charge is -2.12. The Kier molecular flexibility index (Phi) is 3.80. The van der Waals surface area contributed by atoms with Gasteiger partial charge in [0.1, 0.15) is 0 Å². The second-order valence-electron chi connectivity index (χ2n) is 4.46. The summed E-state index contributed by atoms with van der Waals surface area (Å²) in [6.45, 7) is 3.61. The van der Waals surface area contributed by atoms with Gasteiger partial charge in [0.25, 0.3) is 0 Å². The Balaban J connectivity index is 2.42. The molecule has 98 valence electrons. The van der Waals surface area contributed by atoms with Gasteiger partial charge in [0.05, 0.1) is 17.4 Å². The number of nitrogen functional groups attached to an aromatic ring is 1. The standard InChI is InChI=1S/C15H16N2O2/c1-10(2)19-15(18)13-5-3-4-12(14(13)16)11-6-8-17-9-7-11/h3-10H,16H2,1-2H3. The third-order valence-corrected chi connectivity index (χ3v) is 2.66. The molecule has 0 saturated carbocycles. The van der Waals surface area contributed by atoms with E-state index in [0.717, 1.165) is 11.1 Å². The van der Waals surface area contributed by atoms with Crippen LogP contribution < -0.4 is 5.73 Å². The SMILES string of the molecule is CC(C)OC(=O)c1cccc(-c2ccncc2)c1N. The number of carbonyl (C=O) groups excluding carboxylic acids is 1. The Morgan fingerprint density at radius 2 is 1.89 bits per heavy atom. The first-order valence-corrected chi connectivity index (χ1v) is 6.09. The molecular weight excluding hydrogens is 240 g/mol. The molecule has 0 aliphatic rings. The molecule has 0 radical (unpaired) electrons. The average Bonchev–Trinajstić information content (AvgIpc) is 2.39. The third-order valence-electron chi connectivity index (χ3n) is 2.66. The second-order valence-corrected chi connectivity index (χ2v) is 4.46. The van der Waals surface area contributed by atoms with Crippen LogP contribution in [0.25, 0.3) is 11.1 Å². The molecular formula is C15H16N2O2. The molecule has 19 heavy (non-hydrogen) atoms. The van der Waals surface area contributed by atoms with Crippen molar-refractivity contribution in [3.8, 4) is 11.1 Å². The van der Waals surface area contributed by atoms with Crippen LogP contribution in [-0.2, 0) is 4.74 Å². The first-order valence-electron chi connectivity index (χ1n) is 6.09. The van der Waals surface area contributed by atoms with Gasteiger partial charge in [0.15, 0.2) is 0 Å². The number of pyridine rings is 1. The topological polar surface area (TPSA) is 65.2 Å². The number of nitrogens with zero attached hydrogens (tertiary/aromatic N) is 1. The molecule has 1 aromatic heterocycles. The van der Waals surface area contributed by atoms with Crippen LogP contribution in [-0.4, -0.2) is 17.1 Å². The van der Waals surface area contributed by atoms with E-state index in [0.29, 0.717) is 11.3 Å². The molecule has 0 saturated heterocycles. The molecule has 0 aliphatic carbocycles. The summed E-state index contributed by atoms with van der Waals surface area (Å²) in [5, 5.41) is 0. The fourth-order valence-electron chi connectivity index (χ4n) is 1.80. The van der Waals surface area contributed by atoms with Gasteiger partial charge >= 0.3 is 5.97 Å². The number of carbonyl (C=O) groups is 1. The summed E-state index contributed by atoms with van der Waals surface area (Å²) >= 11 is 0. The molecule has 1 aromatic carbocycles. The lowest BCUT2D eigenvalue weighted by molar-refractivity contribution is 0.0379. The number of para-hydroxylation sites is 1. The maximum Gasteiger partial charge on any atom is 0.340 e. The summed E-state index contributed by atoms with van der Waals surface area (Å²) < 4.78 is 5.18. The van der Waals surface area contributed by atoms with E-state index in [2.05, 4.69) is 4.98 Å². The second kappa shape index (κ2) is 5.52. The van der Waals surface area contributed by atoms with Crippen LogP contribution in [0.2, 0.25) is 0 Å². The van der Waals surface area contributed by atoms with E-state index in [-0.39, 0.29) is 6.10 Å². The highest BCUT2D eigenvalue weighted by molar-refractivity contribution is 5.99. The number of esters is 1. The Morgan fingerprint density at radius 1 is 1.21 bits per heavy atom. The molecule has 0 amide bonds. The molecule has 0 aliphatic heterocycles. The summed E-state index contributed by atoms with van der Waals surface area (Å²) in [5.41, 5.74) is 8.62. The number of nitrogens with two attached hydrogens (primary N) is 1. The van der Waals surface area contributed by atoms with Crippen molar-refractivity contribution < 1.29 is 9.53 Å². The van der Waals surface area contributed by atoms with E-state index in [1.165, 1.54) is 0 Å². The number of benzene rings is 1. The van der Waals surface area contributed by atoms with Crippen molar-refractivity contribution in [3.63, 3.8) is 0 Å². The molecule has 0 fully saturated rings. The normalized spacial score (nSPS) is 10.5. The van der Waals surface area contributed by atoms with E-state index < -0.39 is 5.97 Å². The Hall–Kier alpha value is -2.36. The molecule has 1 heterocycles. The lowest BCUT2D eigenvalue weighted by atomic mass is 10.0. The van der Waals surface area contributed by atoms with Gasteiger partial charge in [0, 0.05) is 18.0 Å². The van der Waals surface area contributed by atoms with Crippen LogP contribution in [0.4, 0.5) is 5.69 Å².